The topological polar surface area (TPSA) is 72.9 Å². The fourth-order valence-corrected chi connectivity index (χ4v) is 1.56. The van der Waals surface area contributed by atoms with E-state index in [9.17, 15) is 4.79 Å². The van der Waals surface area contributed by atoms with Gasteiger partial charge < -0.3 is 15.6 Å². The van der Waals surface area contributed by atoms with Crippen molar-refractivity contribution in [2.24, 2.45) is 5.73 Å². The second-order valence-corrected chi connectivity index (χ2v) is 4.35. The Balaban J connectivity index is 2.65. The van der Waals surface area contributed by atoms with E-state index in [1.807, 2.05) is 17.7 Å². The van der Waals surface area contributed by atoms with Gasteiger partial charge in [-0.05, 0) is 6.92 Å². The van der Waals surface area contributed by atoms with E-state index in [1.54, 1.807) is 6.33 Å². The summed E-state index contributed by atoms with van der Waals surface area (Å²) in [5, 5.41) is 3.32. The third-order valence-corrected chi connectivity index (χ3v) is 2.41. The van der Waals surface area contributed by atoms with Gasteiger partial charge in [-0.2, -0.15) is 0 Å². The molecule has 0 spiro atoms. The first-order valence-corrected chi connectivity index (χ1v) is 5.53. The summed E-state index contributed by atoms with van der Waals surface area (Å²) in [4.78, 5) is 15.0. The number of imidazole rings is 1. The lowest BCUT2D eigenvalue weighted by atomic mass is 10.2. The van der Waals surface area contributed by atoms with Gasteiger partial charge in [0.25, 0.3) is 0 Å². The van der Waals surface area contributed by atoms with Crippen LogP contribution in [0.15, 0.2) is 12.5 Å². The van der Waals surface area contributed by atoms with E-state index < -0.39 is 0 Å². The van der Waals surface area contributed by atoms with Gasteiger partial charge in [0.1, 0.15) is 0 Å². The Labute approximate surface area is 96.0 Å². The molecule has 1 rings (SSSR count). The van der Waals surface area contributed by atoms with Gasteiger partial charge in [-0.15, -0.1) is 0 Å². The maximum absolute atomic E-state index is 10.9. The molecule has 0 saturated carbocycles. The van der Waals surface area contributed by atoms with Gasteiger partial charge in [-0.3, -0.25) is 4.79 Å². The van der Waals surface area contributed by atoms with E-state index in [1.165, 1.54) is 0 Å². The Morgan fingerprint density at radius 3 is 2.81 bits per heavy atom. The lowest BCUT2D eigenvalue weighted by Crippen LogP contribution is -2.25. The number of hydrogen-bond acceptors (Lipinski definition) is 3. The van der Waals surface area contributed by atoms with Crippen molar-refractivity contribution in [1.82, 2.24) is 14.9 Å². The van der Waals surface area contributed by atoms with Gasteiger partial charge in [0, 0.05) is 31.2 Å². The second kappa shape index (κ2) is 5.65. The molecule has 90 valence electrons. The molecule has 0 aliphatic carbocycles. The van der Waals surface area contributed by atoms with Crippen LogP contribution in [0, 0.1) is 0 Å². The predicted molar refractivity (Wildman–Crippen MR) is 62.7 cm³/mol. The average molecular weight is 224 g/mol. The molecule has 0 radical (unpaired) electrons. The SMILES string of the molecule is CC(C)NCc1cncn1C(C)CC(N)=O. The van der Waals surface area contributed by atoms with Crippen LogP contribution in [0.3, 0.4) is 0 Å². The molecule has 0 aromatic carbocycles. The molecule has 0 fully saturated rings. The monoisotopic (exact) mass is 224 g/mol. The molecule has 0 bridgehead atoms. The minimum Gasteiger partial charge on any atom is -0.370 e. The van der Waals surface area contributed by atoms with Crippen molar-refractivity contribution in [2.45, 2.75) is 45.8 Å². The number of rotatable bonds is 6. The van der Waals surface area contributed by atoms with Gasteiger partial charge in [0.05, 0.1) is 12.0 Å². The maximum Gasteiger partial charge on any atom is 0.219 e. The quantitative estimate of drug-likeness (QED) is 0.751. The highest BCUT2D eigenvalue weighted by atomic mass is 16.1. The Morgan fingerprint density at radius 1 is 1.56 bits per heavy atom. The van der Waals surface area contributed by atoms with Crippen LogP contribution in [0.5, 0.6) is 0 Å². The first kappa shape index (κ1) is 12.7. The highest BCUT2D eigenvalue weighted by Gasteiger charge is 2.11. The second-order valence-electron chi connectivity index (χ2n) is 4.35. The van der Waals surface area contributed by atoms with Crippen LogP contribution >= 0.6 is 0 Å². The van der Waals surface area contributed by atoms with Gasteiger partial charge in [-0.1, -0.05) is 13.8 Å². The molecule has 1 aromatic rings. The lowest BCUT2D eigenvalue weighted by molar-refractivity contribution is -0.118. The summed E-state index contributed by atoms with van der Waals surface area (Å²) in [5.74, 6) is -0.288. The smallest absolute Gasteiger partial charge is 0.219 e. The fourth-order valence-electron chi connectivity index (χ4n) is 1.56. The zero-order chi connectivity index (χ0) is 12.1. The summed E-state index contributed by atoms with van der Waals surface area (Å²) in [6.07, 6.45) is 3.89. The Morgan fingerprint density at radius 2 is 2.25 bits per heavy atom. The van der Waals surface area contributed by atoms with Crippen LogP contribution in [0.25, 0.3) is 0 Å². The molecule has 16 heavy (non-hydrogen) atoms. The van der Waals surface area contributed by atoms with Crippen LogP contribution < -0.4 is 11.1 Å². The highest BCUT2D eigenvalue weighted by Crippen LogP contribution is 2.13. The largest absolute Gasteiger partial charge is 0.370 e. The molecule has 1 amide bonds. The zero-order valence-electron chi connectivity index (χ0n) is 10.1. The van der Waals surface area contributed by atoms with Gasteiger partial charge in [-0.25, -0.2) is 4.98 Å². The third-order valence-electron chi connectivity index (χ3n) is 2.41. The fraction of sp³-hybridized carbons (Fsp3) is 0.636. The summed E-state index contributed by atoms with van der Waals surface area (Å²) in [6.45, 7) is 6.90. The van der Waals surface area contributed by atoms with Gasteiger partial charge in [0.2, 0.25) is 5.91 Å². The first-order valence-electron chi connectivity index (χ1n) is 5.53. The van der Waals surface area contributed by atoms with E-state index in [-0.39, 0.29) is 11.9 Å². The molecule has 0 saturated heterocycles. The molecule has 0 aliphatic rings. The van der Waals surface area contributed by atoms with Crippen LogP contribution in [-0.2, 0) is 11.3 Å². The zero-order valence-corrected chi connectivity index (χ0v) is 10.1. The average Bonchev–Trinajstić information content (AvgIpc) is 2.61. The molecule has 1 atom stereocenters. The minimum atomic E-state index is -0.288. The van der Waals surface area contributed by atoms with Crippen molar-refractivity contribution in [3.05, 3.63) is 18.2 Å². The van der Waals surface area contributed by atoms with E-state index in [2.05, 4.69) is 24.1 Å². The number of primary amides is 1. The van der Waals surface area contributed by atoms with Crippen LogP contribution in [0.2, 0.25) is 0 Å². The molecule has 1 unspecified atom stereocenters. The number of hydrogen-bond donors (Lipinski definition) is 2. The lowest BCUT2D eigenvalue weighted by Gasteiger charge is -2.16. The summed E-state index contributed by atoms with van der Waals surface area (Å²) in [5.41, 5.74) is 6.26. The Bertz CT molecular complexity index is 346. The third kappa shape index (κ3) is 3.66. The minimum absolute atomic E-state index is 0.0592. The standard InChI is InChI=1S/C11H20N4O/c1-8(2)14-6-10-5-13-7-15(10)9(3)4-11(12)16/h5,7-9,14H,4,6H2,1-3H3,(H2,12,16). The summed E-state index contributed by atoms with van der Waals surface area (Å²) >= 11 is 0. The van der Waals surface area contributed by atoms with E-state index >= 15 is 0 Å². The number of aromatic nitrogens is 2. The van der Waals surface area contributed by atoms with Crippen molar-refractivity contribution < 1.29 is 4.79 Å². The maximum atomic E-state index is 10.9. The first-order chi connectivity index (χ1) is 7.50. The number of amides is 1. The Kier molecular flexibility index (Phi) is 4.49. The van der Waals surface area contributed by atoms with E-state index in [4.69, 9.17) is 5.73 Å². The van der Waals surface area contributed by atoms with Gasteiger partial charge >= 0.3 is 0 Å². The highest BCUT2D eigenvalue weighted by molar-refractivity contribution is 5.74. The van der Waals surface area contributed by atoms with Crippen molar-refractivity contribution in [3.63, 3.8) is 0 Å². The summed E-state index contributed by atoms with van der Waals surface area (Å²) in [6, 6.07) is 0.485. The van der Waals surface area contributed by atoms with Crippen LogP contribution in [0.4, 0.5) is 0 Å². The molecular formula is C11H20N4O. The molecule has 3 N–H and O–H groups in total. The van der Waals surface area contributed by atoms with E-state index in [0.717, 1.165) is 12.2 Å². The summed E-state index contributed by atoms with van der Waals surface area (Å²) in [7, 11) is 0. The molecule has 5 heteroatoms. The molecule has 1 aromatic heterocycles. The number of carbonyl (C=O) groups excluding carboxylic acids is 1. The van der Waals surface area contributed by atoms with Crippen LogP contribution in [0.1, 0.15) is 38.9 Å². The van der Waals surface area contributed by atoms with Crippen LogP contribution in [-0.4, -0.2) is 21.5 Å². The number of nitrogens with two attached hydrogens (primary N) is 1. The number of nitrogens with zero attached hydrogens (tertiary/aromatic N) is 2. The normalized spacial score (nSPS) is 13.0. The van der Waals surface area contributed by atoms with Crippen molar-refractivity contribution in [2.75, 3.05) is 0 Å². The van der Waals surface area contributed by atoms with Crippen molar-refractivity contribution >= 4 is 5.91 Å². The van der Waals surface area contributed by atoms with Gasteiger partial charge in [0.15, 0.2) is 0 Å². The predicted octanol–water partition coefficient (Wildman–Crippen LogP) is 0.817. The van der Waals surface area contributed by atoms with E-state index in [0.29, 0.717) is 12.5 Å². The molecule has 1 heterocycles. The summed E-state index contributed by atoms with van der Waals surface area (Å²) < 4.78 is 1.99. The molecule has 0 aliphatic heterocycles. The molecule has 5 nitrogen and oxygen atoms in total. The van der Waals surface area contributed by atoms with Crippen molar-refractivity contribution in [1.29, 1.82) is 0 Å². The Hall–Kier alpha value is -1.36. The van der Waals surface area contributed by atoms with Crippen molar-refractivity contribution in [3.8, 4) is 0 Å². The number of carbonyl (C=O) groups is 1. The number of nitrogens with one attached hydrogen (secondary N) is 1. The molecular weight excluding hydrogens is 204 g/mol.